The molecule has 1 aromatic carbocycles. The van der Waals surface area contributed by atoms with E-state index in [0.29, 0.717) is 17.2 Å². The summed E-state index contributed by atoms with van der Waals surface area (Å²) in [7, 11) is 0. The summed E-state index contributed by atoms with van der Waals surface area (Å²) in [5.41, 5.74) is 5.52. The average Bonchev–Trinajstić information content (AvgIpc) is 2.25. The molecule has 0 fully saturated rings. The Bertz CT molecular complexity index is 411. The van der Waals surface area contributed by atoms with E-state index in [9.17, 15) is 0 Å². The quantitative estimate of drug-likeness (QED) is 0.671. The summed E-state index contributed by atoms with van der Waals surface area (Å²) in [6.07, 6.45) is 0.302. The topological polar surface area (TPSA) is 35.2 Å². The molecule has 0 saturated carbocycles. The molecule has 0 spiro atoms. The molecule has 0 aromatic heterocycles. The van der Waals surface area contributed by atoms with Crippen LogP contribution in [0.2, 0.25) is 15.1 Å². The molecule has 2 N–H and O–H groups in total. The highest BCUT2D eigenvalue weighted by molar-refractivity contribution is 7.80. The third-order valence-electron chi connectivity index (χ3n) is 1.96. The molecular weight excluding hydrogens is 289 g/mol. The second-order valence-corrected chi connectivity index (χ2v) is 4.73. The number of benzene rings is 1. The van der Waals surface area contributed by atoms with Crippen molar-refractivity contribution in [1.29, 1.82) is 0 Å². The Morgan fingerprint density at radius 1 is 1.38 bits per heavy atom. The molecule has 0 aliphatic heterocycles. The molecule has 2 nitrogen and oxygen atoms in total. The van der Waals surface area contributed by atoms with Crippen LogP contribution in [0.1, 0.15) is 13.3 Å². The van der Waals surface area contributed by atoms with E-state index in [-0.39, 0.29) is 21.1 Å². The van der Waals surface area contributed by atoms with Gasteiger partial charge in [0.1, 0.15) is 21.9 Å². The number of hydrogen-bond donors (Lipinski definition) is 1. The summed E-state index contributed by atoms with van der Waals surface area (Å²) in [5, 5.41) is 0.907. The highest BCUT2D eigenvalue weighted by Gasteiger charge is 2.15. The van der Waals surface area contributed by atoms with Crippen LogP contribution in [-0.2, 0) is 0 Å². The van der Waals surface area contributed by atoms with E-state index in [1.165, 1.54) is 0 Å². The summed E-state index contributed by atoms with van der Waals surface area (Å²) < 4.78 is 5.55. The van der Waals surface area contributed by atoms with Gasteiger partial charge in [-0.05, 0) is 18.6 Å². The number of nitrogens with two attached hydrogens (primary N) is 1. The molecule has 1 aromatic rings. The third-order valence-corrected chi connectivity index (χ3v) is 3.50. The molecule has 0 amide bonds. The van der Waals surface area contributed by atoms with Crippen molar-refractivity contribution >= 4 is 52.0 Å². The Kier molecular flexibility index (Phi) is 5.12. The second-order valence-electron chi connectivity index (χ2n) is 3.09. The maximum Gasteiger partial charge on any atom is 0.148 e. The number of rotatable bonds is 4. The van der Waals surface area contributed by atoms with Crippen LogP contribution >= 0.6 is 47.0 Å². The maximum absolute atomic E-state index is 5.98. The van der Waals surface area contributed by atoms with Gasteiger partial charge in [0, 0.05) is 0 Å². The number of halogens is 3. The molecule has 0 aliphatic rings. The van der Waals surface area contributed by atoms with Gasteiger partial charge in [0.25, 0.3) is 0 Å². The van der Waals surface area contributed by atoms with Crippen molar-refractivity contribution in [1.82, 2.24) is 0 Å². The monoisotopic (exact) mass is 297 g/mol. The molecule has 0 bridgehead atoms. The fourth-order valence-corrected chi connectivity index (χ4v) is 1.88. The van der Waals surface area contributed by atoms with E-state index in [4.69, 9.17) is 57.5 Å². The van der Waals surface area contributed by atoms with Crippen molar-refractivity contribution in [3.05, 3.63) is 27.2 Å². The van der Waals surface area contributed by atoms with Gasteiger partial charge in [-0.1, -0.05) is 53.9 Å². The minimum atomic E-state index is -0.357. The van der Waals surface area contributed by atoms with Crippen molar-refractivity contribution in [3.63, 3.8) is 0 Å². The minimum absolute atomic E-state index is 0.263. The lowest BCUT2D eigenvalue weighted by molar-refractivity contribution is 0.264. The van der Waals surface area contributed by atoms with Crippen molar-refractivity contribution in [2.45, 2.75) is 19.4 Å². The Labute approximate surface area is 115 Å². The second kappa shape index (κ2) is 5.92. The van der Waals surface area contributed by atoms with Gasteiger partial charge in [-0.3, -0.25) is 0 Å². The summed E-state index contributed by atoms with van der Waals surface area (Å²) in [6.45, 7) is 1.91. The van der Waals surface area contributed by atoms with Crippen LogP contribution in [-0.4, -0.2) is 11.1 Å². The van der Waals surface area contributed by atoms with Gasteiger partial charge in [-0.15, -0.1) is 0 Å². The van der Waals surface area contributed by atoms with Crippen LogP contribution in [0.5, 0.6) is 5.75 Å². The van der Waals surface area contributed by atoms with E-state index in [1.807, 2.05) is 6.92 Å². The molecule has 1 rings (SSSR count). The standard InChI is InChI=1S/C10H10Cl3NOS/c1-2-6(10(14)16)15-7-4-3-5(11)8(12)9(7)13/h3-4,6H,2H2,1H3,(H2,14,16). The zero-order valence-corrected chi connectivity index (χ0v) is 11.6. The predicted molar refractivity (Wildman–Crippen MR) is 73.0 cm³/mol. The first-order chi connectivity index (χ1) is 7.47. The fraction of sp³-hybridized carbons (Fsp3) is 0.300. The zero-order valence-electron chi connectivity index (χ0n) is 8.47. The predicted octanol–water partition coefficient (Wildman–Crippen LogP) is 4.09. The first-order valence-electron chi connectivity index (χ1n) is 4.56. The lowest BCUT2D eigenvalue weighted by Gasteiger charge is -2.17. The van der Waals surface area contributed by atoms with E-state index in [1.54, 1.807) is 12.1 Å². The van der Waals surface area contributed by atoms with E-state index in [0.717, 1.165) is 0 Å². The highest BCUT2D eigenvalue weighted by atomic mass is 35.5. The van der Waals surface area contributed by atoms with Crippen molar-refractivity contribution in [3.8, 4) is 5.75 Å². The Morgan fingerprint density at radius 2 is 2.00 bits per heavy atom. The summed E-state index contributed by atoms with van der Waals surface area (Å²) >= 11 is 22.5. The first-order valence-corrected chi connectivity index (χ1v) is 6.11. The van der Waals surface area contributed by atoms with Gasteiger partial charge < -0.3 is 10.5 Å². The van der Waals surface area contributed by atoms with Gasteiger partial charge in [-0.2, -0.15) is 0 Å². The molecule has 0 radical (unpaired) electrons. The summed E-state index contributed by atoms with van der Waals surface area (Å²) in [5.74, 6) is 0.427. The molecule has 1 atom stereocenters. The first kappa shape index (κ1) is 13.8. The van der Waals surface area contributed by atoms with Crippen LogP contribution in [0.25, 0.3) is 0 Å². The largest absolute Gasteiger partial charge is 0.482 e. The van der Waals surface area contributed by atoms with Crippen LogP contribution in [0.3, 0.4) is 0 Å². The highest BCUT2D eigenvalue weighted by Crippen LogP contribution is 2.37. The number of ether oxygens (including phenoxy) is 1. The van der Waals surface area contributed by atoms with Gasteiger partial charge in [0.2, 0.25) is 0 Å². The van der Waals surface area contributed by atoms with E-state index < -0.39 is 0 Å². The third kappa shape index (κ3) is 3.14. The average molecular weight is 299 g/mol. The smallest absolute Gasteiger partial charge is 0.148 e. The normalized spacial score (nSPS) is 12.2. The van der Waals surface area contributed by atoms with Crippen LogP contribution in [0.15, 0.2) is 12.1 Å². The molecular formula is C10H10Cl3NOS. The minimum Gasteiger partial charge on any atom is -0.482 e. The van der Waals surface area contributed by atoms with Crippen molar-refractivity contribution in [2.24, 2.45) is 5.73 Å². The Balaban J connectivity index is 2.97. The molecule has 1 unspecified atom stereocenters. The molecule has 0 aliphatic carbocycles. The van der Waals surface area contributed by atoms with Crippen LogP contribution in [0, 0.1) is 0 Å². The lowest BCUT2D eigenvalue weighted by Crippen LogP contribution is -2.31. The van der Waals surface area contributed by atoms with Crippen molar-refractivity contribution < 1.29 is 4.74 Å². The molecule has 0 saturated heterocycles. The maximum atomic E-state index is 5.98. The summed E-state index contributed by atoms with van der Waals surface area (Å²) in [6, 6.07) is 3.24. The molecule has 88 valence electrons. The zero-order chi connectivity index (χ0) is 12.3. The molecule has 0 heterocycles. The van der Waals surface area contributed by atoms with Crippen molar-refractivity contribution in [2.75, 3.05) is 0 Å². The lowest BCUT2D eigenvalue weighted by atomic mass is 10.2. The Morgan fingerprint density at radius 3 is 2.50 bits per heavy atom. The van der Waals surface area contributed by atoms with Gasteiger partial charge >= 0.3 is 0 Å². The molecule has 6 heteroatoms. The van der Waals surface area contributed by atoms with Gasteiger partial charge in [0.15, 0.2) is 0 Å². The van der Waals surface area contributed by atoms with E-state index >= 15 is 0 Å². The van der Waals surface area contributed by atoms with Gasteiger partial charge in [-0.25, -0.2) is 0 Å². The Hall–Kier alpha value is -0.220. The SMILES string of the molecule is CCC(Oc1ccc(Cl)c(Cl)c1Cl)C(N)=S. The number of thiocarbonyl (C=S) groups is 1. The van der Waals surface area contributed by atoms with Crippen LogP contribution in [0.4, 0.5) is 0 Å². The van der Waals surface area contributed by atoms with E-state index in [2.05, 4.69) is 0 Å². The summed E-state index contributed by atoms with van der Waals surface area (Å²) in [4.78, 5) is 0.282. The fourth-order valence-electron chi connectivity index (χ4n) is 1.10. The van der Waals surface area contributed by atoms with Crippen LogP contribution < -0.4 is 10.5 Å². The van der Waals surface area contributed by atoms with Gasteiger partial charge in [0.05, 0.1) is 10.0 Å². The number of hydrogen-bond acceptors (Lipinski definition) is 2. The molecule has 16 heavy (non-hydrogen) atoms.